The van der Waals surface area contributed by atoms with E-state index < -0.39 is 0 Å². The van der Waals surface area contributed by atoms with E-state index in [2.05, 4.69) is 22.1 Å². The lowest BCUT2D eigenvalue weighted by Crippen LogP contribution is -2.59. The van der Waals surface area contributed by atoms with Crippen molar-refractivity contribution in [2.24, 2.45) is 17.8 Å². The van der Waals surface area contributed by atoms with Crippen LogP contribution in [-0.4, -0.2) is 18.0 Å². The molecule has 0 aromatic carbocycles. The van der Waals surface area contributed by atoms with Crippen LogP contribution < -0.4 is 10.6 Å². The average Bonchev–Trinajstić information content (AvgIpc) is 2.95. The van der Waals surface area contributed by atoms with Gasteiger partial charge in [-0.2, -0.15) is 0 Å². The summed E-state index contributed by atoms with van der Waals surface area (Å²) >= 11 is 1.70. The first-order chi connectivity index (χ1) is 10.2. The van der Waals surface area contributed by atoms with Gasteiger partial charge in [-0.3, -0.25) is 4.79 Å². The highest BCUT2D eigenvalue weighted by molar-refractivity contribution is 7.09. The van der Waals surface area contributed by atoms with E-state index in [1.165, 1.54) is 43.4 Å². The van der Waals surface area contributed by atoms with Gasteiger partial charge in [0.1, 0.15) is 0 Å². The second-order valence-corrected chi connectivity index (χ2v) is 8.44. The molecule has 0 aliphatic heterocycles. The zero-order valence-corrected chi connectivity index (χ0v) is 13.3. The minimum atomic E-state index is 0.138. The van der Waals surface area contributed by atoms with Gasteiger partial charge in [-0.1, -0.05) is 6.07 Å². The maximum absolute atomic E-state index is 12.1. The van der Waals surface area contributed by atoms with Crippen molar-refractivity contribution in [3.63, 3.8) is 0 Å². The fourth-order valence-corrected chi connectivity index (χ4v) is 5.90. The summed E-state index contributed by atoms with van der Waals surface area (Å²) in [5, 5.41) is 8.73. The second-order valence-electron chi connectivity index (χ2n) is 7.41. The molecule has 1 heterocycles. The van der Waals surface area contributed by atoms with Crippen LogP contribution in [0.5, 0.6) is 0 Å². The lowest BCUT2D eigenvalue weighted by molar-refractivity contribution is -0.121. The summed E-state index contributed by atoms with van der Waals surface area (Å²) in [6.45, 7) is 1.15. The van der Waals surface area contributed by atoms with Gasteiger partial charge in [0.15, 0.2) is 0 Å². The average molecular weight is 304 g/mol. The molecule has 4 aliphatic carbocycles. The summed E-state index contributed by atoms with van der Waals surface area (Å²) in [7, 11) is 0. The zero-order valence-electron chi connectivity index (χ0n) is 12.4. The fourth-order valence-electron chi connectivity index (χ4n) is 5.26. The van der Waals surface area contributed by atoms with Crippen molar-refractivity contribution in [1.29, 1.82) is 0 Å². The third-order valence-electron chi connectivity index (χ3n) is 5.70. The van der Waals surface area contributed by atoms with Crippen LogP contribution in [0.15, 0.2) is 17.5 Å². The number of thiophene rings is 1. The molecule has 0 spiro atoms. The van der Waals surface area contributed by atoms with E-state index in [4.69, 9.17) is 0 Å². The monoisotopic (exact) mass is 304 g/mol. The summed E-state index contributed by atoms with van der Waals surface area (Å²) in [6, 6.07) is 4.09. The third kappa shape index (κ3) is 2.88. The molecule has 3 nitrogen and oxygen atoms in total. The van der Waals surface area contributed by atoms with Crippen LogP contribution in [0.3, 0.4) is 0 Å². The summed E-state index contributed by atoms with van der Waals surface area (Å²) in [5.74, 6) is 2.92. The van der Waals surface area contributed by atoms with Crippen LogP contribution in [0, 0.1) is 17.8 Å². The topological polar surface area (TPSA) is 41.1 Å². The number of carbonyl (C=O) groups excluding carboxylic acids is 1. The highest BCUT2D eigenvalue weighted by Gasteiger charge is 2.50. The maximum Gasteiger partial charge on any atom is 0.234 e. The Morgan fingerprint density at radius 3 is 2.43 bits per heavy atom. The van der Waals surface area contributed by atoms with Gasteiger partial charge in [0.05, 0.1) is 13.1 Å². The van der Waals surface area contributed by atoms with Crippen LogP contribution in [0.25, 0.3) is 0 Å². The van der Waals surface area contributed by atoms with E-state index in [1.807, 2.05) is 6.07 Å². The number of hydrogen-bond acceptors (Lipinski definition) is 3. The molecule has 4 aliphatic rings. The van der Waals surface area contributed by atoms with E-state index >= 15 is 0 Å². The Labute approximate surface area is 130 Å². The maximum atomic E-state index is 12.1. The van der Waals surface area contributed by atoms with Crippen molar-refractivity contribution >= 4 is 17.2 Å². The molecule has 0 atom stereocenters. The molecule has 21 heavy (non-hydrogen) atoms. The fraction of sp³-hybridized carbons (Fsp3) is 0.706. The summed E-state index contributed by atoms with van der Waals surface area (Å²) in [4.78, 5) is 13.3. The number of amides is 1. The van der Waals surface area contributed by atoms with Gasteiger partial charge in [-0.25, -0.2) is 0 Å². The number of carbonyl (C=O) groups is 1. The lowest BCUT2D eigenvalue weighted by Gasteiger charge is -2.57. The van der Waals surface area contributed by atoms with Crippen LogP contribution >= 0.6 is 11.3 Å². The largest absolute Gasteiger partial charge is 0.350 e. The van der Waals surface area contributed by atoms with Gasteiger partial charge in [0.2, 0.25) is 5.91 Å². The highest BCUT2D eigenvalue weighted by atomic mass is 32.1. The van der Waals surface area contributed by atoms with Crippen LogP contribution in [0.2, 0.25) is 0 Å². The van der Waals surface area contributed by atoms with E-state index in [0.29, 0.717) is 13.1 Å². The van der Waals surface area contributed by atoms with E-state index in [0.717, 1.165) is 17.8 Å². The quantitative estimate of drug-likeness (QED) is 0.878. The van der Waals surface area contributed by atoms with E-state index in [9.17, 15) is 4.79 Å². The van der Waals surface area contributed by atoms with Gasteiger partial charge in [0.25, 0.3) is 0 Å². The normalized spacial score (nSPS) is 36.9. The Bertz CT molecular complexity index is 476. The Balaban J connectivity index is 1.29. The molecule has 4 saturated carbocycles. The SMILES string of the molecule is O=C(CNC12CC3CC(CC(C3)C1)C2)NCc1cccs1. The van der Waals surface area contributed by atoms with Gasteiger partial charge in [-0.15, -0.1) is 11.3 Å². The molecule has 1 aromatic rings. The molecule has 4 bridgehead atoms. The summed E-state index contributed by atoms with van der Waals surface area (Å²) in [5.41, 5.74) is 0.287. The van der Waals surface area contributed by atoms with Gasteiger partial charge >= 0.3 is 0 Å². The van der Waals surface area contributed by atoms with Crippen LogP contribution in [-0.2, 0) is 11.3 Å². The molecule has 5 rings (SSSR count). The molecule has 4 heteroatoms. The molecule has 2 N–H and O–H groups in total. The number of hydrogen-bond donors (Lipinski definition) is 2. The van der Waals surface area contributed by atoms with Gasteiger partial charge in [0, 0.05) is 10.4 Å². The van der Waals surface area contributed by atoms with Crippen molar-refractivity contribution in [2.45, 2.75) is 50.6 Å². The molecule has 0 unspecified atom stereocenters. The Morgan fingerprint density at radius 2 is 1.86 bits per heavy atom. The minimum absolute atomic E-state index is 0.138. The highest BCUT2D eigenvalue weighted by Crippen LogP contribution is 2.55. The first-order valence-corrected chi connectivity index (χ1v) is 9.13. The first kappa shape index (κ1) is 13.8. The Morgan fingerprint density at radius 1 is 1.19 bits per heavy atom. The predicted molar refractivity (Wildman–Crippen MR) is 85.1 cm³/mol. The smallest absolute Gasteiger partial charge is 0.234 e. The zero-order chi connectivity index (χ0) is 14.3. The van der Waals surface area contributed by atoms with Gasteiger partial charge < -0.3 is 10.6 Å². The van der Waals surface area contributed by atoms with Crippen molar-refractivity contribution in [2.75, 3.05) is 6.54 Å². The van der Waals surface area contributed by atoms with Crippen molar-refractivity contribution in [3.8, 4) is 0 Å². The summed E-state index contributed by atoms with van der Waals surface area (Å²) in [6.07, 6.45) is 8.26. The van der Waals surface area contributed by atoms with Crippen molar-refractivity contribution in [3.05, 3.63) is 22.4 Å². The van der Waals surface area contributed by atoms with Crippen LogP contribution in [0.4, 0.5) is 0 Å². The Hall–Kier alpha value is -0.870. The van der Waals surface area contributed by atoms with Crippen molar-refractivity contribution in [1.82, 2.24) is 10.6 Å². The van der Waals surface area contributed by atoms with Crippen LogP contribution in [0.1, 0.15) is 43.4 Å². The van der Waals surface area contributed by atoms with Gasteiger partial charge in [-0.05, 0) is 67.7 Å². The molecular formula is C17H24N2OS. The molecule has 114 valence electrons. The first-order valence-electron chi connectivity index (χ1n) is 8.25. The minimum Gasteiger partial charge on any atom is -0.350 e. The second kappa shape index (κ2) is 5.40. The number of nitrogens with one attached hydrogen (secondary N) is 2. The molecule has 1 aromatic heterocycles. The molecule has 0 saturated heterocycles. The van der Waals surface area contributed by atoms with E-state index in [-0.39, 0.29) is 11.4 Å². The molecular weight excluding hydrogens is 280 g/mol. The van der Waals surface area contributed by atoms with E-state index in [1.54, 1.807) is 11.3 Å². The molecule has 4 fully saturated rings. The standard InChI is InChI=1S/C17H24N2OS/c20-16(18-10-15-2-1-3-21-15)11-19-17-7-12-4-13(8-17)6-14(5-12)9-17/h1-3,12-14,19H,4-11H2,(H,18,20). The van der Waals surface area contributed by atoms with Crippen molar-refractivity contribution < 1.29 is 4.79 Å². The lowest BCUT2D eigenvalue weighted by atomic mass is 9.53. The number of rotatable bonds is 5. The predicted octanol–water partition coefficient (Wildman–Crippen LogP) is 2.92. The molecule has 0 radical (unpaired) electrons. The third-order valence-corrected chi connectivity index (χ3v) is 6.58. The summed E-state index contributed by atoms with van der Waals surface area (Å²) < 4.78 is 0. The Kier molecular flexibility index (Phi) is 3.54. The molecule has 1 amide bonds.